The van der Waals surface area contributed by atoms with Gasteiger partial charge in [-0.1, -0.05) is 49.4 Å². The summed E-state index contributed by atoms with van der Waals surface area (Å²) >= 11 is 2.05. The number of nitrogens with one attached hydrogen (secondary N) is 2. The molecule has 40 heavy (non-hydrogen) atoms. The molecule has 3 aromatic carbocycles. The Morgan fingerprint density at radius 1 is 1.05 bits per heavy atom. The molecule has 1 aliphatic rings. The van der Waals surface area contributed by atoms with Crippen LogP contribution in [-0.2, 0) is 9.53 Å². The van der Waals surface area contributed by atoms with E-state index in [-0.39, 0.29) is 11.7 Å². The maximum atomic E-state index is 14.8. The van der Waals surface area contributed by atoms with Crippen LogP contribution in [0.3, 0.4) is 0 Å². The highest BCUT2D eigenvalue weighted by Crippen LogP contribution is 2.39. The van der Waals surface area contributed by atoms with Crippen molar-refractivity contribution in [1.29, 1.82) is 0 Å². The molecule has 1 fully saturated rings. The minimum absolute atomic E-state index is 0.313. The molecule has 0 spiro atoms. The molecular formula is C30H28FIN4O4. The van der Waals surface area contributed by atoms with E-state index >= 15 is 0 Å². The van der Waals surface area contributed by atoms with Gasteiger partial charge in [0.25, 0.3) is 5.91 Å². The molecule has 0 radical (unpaired) electrons. The number of amides is 3. The molecule has 1 aromatic heterocycles. The van der Waals surface area contributed by atoms with Crippen LogP contribution >= 0.6 is 22.6 Å². The number of imidazole rings is 1. The van der Waals surface area contributed by atoms with Crippen LogP contribution in [0.1, 0.15) is 41.9 Å². The number of rotatable bonds is 10. The molecule has 0 bridgehead atoms. The number of aromatic amines is 1. The Hall–Kier alpha value is -3.77. The van der Waals surface area contributed by atoms with E-state index in [1.165, 1.54) is 17.2 Å². The quantitative estimate of drug-likeness (QED) is 0.125. The Bertz CT molecular complexity index is 1500. The Labute approximate surface area is 245 Å². The molecule has 3 atom stereocenters. The van der Waals surface area contributed by atoms with Gasteiger partial charge >= 0.3 is 6.03 Å². The number of carbonyl (C=O) groups is 2. The Kier molecular flexibility index (Phi) is 8.46. The predicted molar refractivity (Wildman–Crippen MR) is 156 cm³/mol. The van der Waals surface area contributed by atoms with Crippen molar-refractivity contribution in [3.63, 3.8) is 0 Å². The number of imide groups is 1. The number of urea groups is 1. The van der Waals surface area contributed by atoms with E-state index in [4.69, 9.17) is 9.47 Å². The van der Waals surface area contributed by atoms with E-state index in [1.54, 1.807) is 43.5 Å². The van der Waals surface area contributed by atoms with Crippen molar-refractivity contribution in [3.05, 3.63) is 105 Å². The molecule has 2 N–H and O–H groups in total. The third-order valence-corrected chi connectivity index (χ3v) is 7.59. The molecule has 3 amide bonds. The second-order valence-electron chi connectivity index (χ2n) is 9.45. The van der Waals surface area contributed by atoms with Gasteiger partial charge in [-0.2, -0.15) is 0 Å². The van der Waals surface area contributed by atoms with Crippen molar-refractivity contribution in [3.8, 4) is 17.0 Å². The topological polar surface area (TPSA) is 96.6 Å². The molecule has 8 nitrogen and oxygen atoms in total. The second-order valence-corrected chi connectivity index (χ2v) is 10.7. The van der Waals surface area contributed by atoms with Crippen molar-refractivity contribution in [1.82, 2.24) is 20.2 Å². The van der Waals surface area contributed by atoms with E-state index in [9.17, 15) is 14.0 Å². The van der Waals surface area contributed by atoms with Crippen LogP contribution < -0.4 is 10.1 Å². The maximum Gasteiger partial charge on any atom is 0.325 e. The van der Waals surface area contributed by atoms with Crippen molar-refractivity contribution in [2.24, 2.45) is 0 Å². The number of methoxy groups -OCH3 is 1. The molecule has 1 saturated heterocycles. The average Bonchev–Trinajstić information content (AvgIpc) is 3.55. The highest BCUT2D eigenvalue weighted by atomic mass is 127. The van der Waals surface area contributed by atoms with Crippen LogP contribution in [0, 0.1) is 9.39 Å². The summed E-state index contributed by atoms with van der Waals surface area (Å²) < 4.78 is 26.1. The third kappa shape index (κ3) is 5.73. The normalized spacial score (nSPS) is 16.6. The van der Waals surface area contributed by atoms with Gasteiger partial charge in [0.15, 0.2) is 0 Å². The Balaban J connectivity index is 1.47. The van der Waals surface area contributed by atoms with Crippen molar-refractivity contribution in [2.75, 3.05) is 20.3 Å². The fourth-order valence-electron chi connectivity index (χ4n) is 4.84. The van der Waals surface area contributed by atoms with Gasteiger partial charge in [0.2, 0.25) is 0 Å². The summed E-state index contributed by atoms with van der Waals surface area (Å²) in [5.41, 5.74) is 2.37. The van der Waals surface area contributed by atoms with Crippen molar-refractivity contribution >= 4 is 34.5 Å². The van der Waals surface area contributed by atoms with E-state index in [0.29, 0.717) is 41.6 Å². The van der Waals surface area contributed by atoms with Crippen LogP contribution in [0.5, 0.6) is 5.75 Å². The van der Waals surface area contributed by atoms with Gasteiger partial charge in [0.05, 0.1) is 18.5 Å². The number of ether oxygens (including phenoxy) is 2. The van der Waals surface area contributed by atoms with E-state index < -0.39 is 24.0 Å². The molecule has 10 heteroatoms. The number of H-pyrrole nitrogens is 1. The molecular weight excluding hydrogens is 626 g/mol. The lowest BCUT2D eigenvalue weighted by Crippen LogP contribution is -2.38. The standard InChI is InChI=1S/C30H28FIN4O4/c1-18(19-6-4-3-5-7-19)27(28-33-17-25(34-28)23-13-10-21(32)16-24(23)31)36-29(37)26(35-30(36)38)20-8-11-22(12-9-20)40-15-14-39-2/h3-13,16-18,26-27H,14-15H2,1-2H3,(H,33,34)(H,35,38)/t18-,26-,27+/m1/s1. The zero-order chi connectivity index (χ0) is 28.2. The number of benzene rings is 3. The molecule has 1 aliphatic heterocycles. The van der Waals surface area contributed by atoms with Gasteiger partial charge in [-0.3, -0.25) is 9.69 Å². The third-order valence-electron chi connectivity index (χ3n) is 6.91. The van der Waals surface area contributed by atoms with Gasteiger partial charge in [0, 0.05) is 22.2 Å². The van der Waals surface area contributed by atoms with Crippen LogP contribution in [-0.4, -0.2) is 47.1 Å². The molecule has 5 rings (SSSR count). The summed E-state index contributed by atoms with van der Waals surface area (Å²) in [5.74, 6) is -0.0817. The number of hydrogen-bond donors (Lipinski definition) is 2. The lowest BCUT2D eigenvalue weighted by Gasteiger charge is -2.29. The predicted octanol–water partition coefficient (Wildman–Crippen LogP) is 5.98. The summed E-state index contributed by atoms with van der Waals surface area (Å²) in [7, 11) is 1.60. The Morgan fingerprint density at radius 2 is 1.80 bits per heavy atom. The first kappa shape index (κ1) is 27.8. The van der Waals surface area contributed by atoms with Crippen LogP contribution in [0.2, 0.25) is 0 Å². The zero-order valence-electron chi connectivity index (χ0n) is 21.9. The highest BCUT2D eigenvalue weighted by molar-refractivity contribution is 14.1. The first-order chi connectivity index (χ1) is 19.4. The van der Waals surface area contributed by atoms with Crippen LogP contribution in [0.15, 0.2) is 79.0 Å². The molecule has 2 heterocycles. The van der Waals surface area contributed by atoms with Crippen LogP contribution in [0.4, 0.5) is 9.18 Å². The number of halogens is 2. The fourth-order valence-corrected chi connectivity index (χ4v) is 5.29. The molecule has 0 saturated carbocycles. The fraction of sp³-hybridized carbons (Fsp3) is 0.233. The van der Waals surface area contributed by atoms with Gasteiger partial charge in [-0.05, 0) is 64.0 Å². The second kappa shape index (κ2) is 12.2. The van der Waals surface area contributed by atoms with E-state index in [2.05, 4.69) is 37.9 Å². The lowest BCUT2D eigenvalue weighted by molar-refractivity contribution is -0.129. The monoisotopic (exact) mass is 654 g/mol. The first-order valence-electron chi connectivity index (χ1n) is 12.8. The molecule has 0 aliphatic carbocycles. The van der Waals surface area contributed by atoms with Gasteiger partial charge < -0.3 is 19.8 Å². The summed E-state index contributed by atoms with van der Waals surface area (Å²) in [5, 5.41) is 2.83. The highest BCUT2D eigenvalue weighted by Gasteiger charge is 2.46. The molecule has 4 aromatic rings. The van der Waals surface area contributed by atoms with Gasteiger partial charge in [-0.25, -0.2) is 14.2 Å². The minimum atomic E-state index is -0.867. The SMILES string of the molecule is COCCOc1ccc([C@H]2NC(=O)N([C@H](c3ncc(-c4ccc(I)cc4F)[nH]3)[C@H](C)c3ccccc3)C2=O)cc1. The summed E-state index contributed by atoms with van der Waals surface area (Å²) in [6.45, 7) is 2.80. The maximum absolute atomic E-state index is 14.8. The zero-order valence-corrected chi connectivity index (χ0v) is 24.1. The lowest BCUT2D eigenvalue weighted by atomic mass is 9.91. The van der Waals surface area contributed by atoms with Crippen molar-refractivity contribution < 1.29 is 23.5 Å². The average molecular weight is 654 g/mol. The van der Waals surface area contributed by atoms with Crippen LogP contribution in [0.25, 0.3) is 11.3 Å². The summed E-state index contributed by atoms with van der Waals surface area (Å²) in [4.78, 5) is 36.2. The van der Waals surface area contributed by atoms with Crippen molar-refractivity contribution in [2.45, 2.75) is 24.9 Å². The van der Waals surface area contributed by atoms with Gasteiger partial charge in [0.1, 0.15) is 36.1 Å². The van der Waals surface area contributed by atoms with Gasteiger partial charge in [-0.15, -0.1) is 0 Å². The first-order valence-corrected chi connectivity index (χ1v) is 13.9. The largest absolute Gasteiger partial charge is 0.491 e. The molecule has 206 valence electrons. The Morgan fingerprint density at radius 3 is 2.50 bits per heavy atom. The number of nitrogens with zero attached hydrogens (tertiary/aromatic N) is 2. The van der Waals surface area contributed by atoms with E-state index in [1.807, 2.05) is 37.3 Å². The smallest absolute Gasteiger partial charge is 0.325 e. The number of carbonyl (C=O) groups excluding carboxylic acids is 2. The number of aromatic nitrogens is 2. The van der Waals surface area contributed by atoms with E-state index in [0.717, 1.165) is 9.13 Å². The number of hydrogen-bond acceptors (Lipinski definition) is 5. The summed E-state index contributed by atoms with van der Waals surface area (Å²) in [6.07, 6.45) is 1.53. The summed E-state index contributed by atoms with van der Waals surface area (Å²) in [6, 6.07) is 19.4. The molecule has 0 unspecified atom stereocenters. The minimum Gasteiger partial charge on any atom is -0.491 e.